The van der Waals surface area contributed by atoms with Crippen LogP contribution in [0.15, 0.2) is 12.1 Å². The summed E-state index contributed by atoms with van der Waals surface area (Å²) in [6.07, 6.45) is 2.37. The van der Waals surface area contributed by atoms with Crippen molar-refractivity contribution in [3.05, 3.63) is 29.3 Å². The topological polar surface area (TPSA) is 29.5 Å². The van der Waals surface area contributed by atoms with Crippen molar-refractivity contribution in [3.8, 4) is 5.75 Å². The van der Waals surface area contributed by atoms with E-state index in [4.69, 9.17) is 4.74 Å². The minimum Gasteiger partial charge on any atom is -0.496 e. The fraction of sp³-hybridized carbons (Fsp3) is 0.500. The van der Waals surface area contributed by atoms with E-state index in [1.165, 1.54) is 7.11 Å². The highest BCUT2D eigenvalue weighted by atomic mass is 19.1. The minimum atomic E-state index is -0.662. The van der Waals surface area contributed by atoms with Gasteiger partial charge in [0.1, 0.15) is 17.4 Å². The molecule has 0 bridgehead atoms. The SMILES string of the molecule is COc1cc(F)cc(F)c1C1(CO)CCC1. The van der Waals surface area contributed by atoms with Gasteiger partial charge in [0, 0.05) is 23.1 Å². The zero-order valence-electron chi connectivity index (χ0n) is 9.09. The van der Waals surface area contributed by atoms with Gasteiger partial charge in [-0.1, -0.05) is 6.42 Å². The van der Waals surface area contributed by atoms with Gasteiger partial charge in [-0.3, -0.25) is 0 Å². The first-order valence-corrected chi connectivity index (χ1v) is 5.27. The first-order valence-electron chi connectivity index (χ1n) is 5.27. The first kappa shape index (κ1) is 11.3. The maximum absolute atomic E-state index is 13.8. The van der Waals surface area contributed by atoms with Gasteiger partial charge in [-0.2, -0.15) is 0 Å². The average molecular weight is 228 g/mol. The molecule has 1 fully saturated rings. The number of hydrogen-bond donors (Lipinski definition) is 1. The summed E-state index contributed by atoms with van der Waals surface area (Å²) in [7, 11) is 1.38. The van der Waals surface area contributed by atoms with Crippen molar-refractivity contribution in [2.45, 2.75) is 24.7 Å². The lowest BCUT2D eigenvalue weighted by Crippen LogP contribution is -2.39. The third-order valence-electron chi connectivity index (χ3n) is 3.38. The summed E-state index contributed by atoms with van der Waals surface area (Å²) in [4.78, 5) is 0. The zero-order valence-corrected chi connectivity index (χ0v) is 9.09. The molecule has 2 rings (SSSR count). The standard InChI is InChI=1S/C12H14F2O2/c1-16-10-6-8(13)5-9(14)11(10)12(7-15)3-2-4-12/h5-6,15H,2-4,7H2,1H3. The van der Waals surface area contributed by atoms with Gasteiger partial charge in [0.15, 0.2) is 0 Å². The molecule has 0 amide bonds. The number of methoxy groups -OCH3 is 1. The predicted molar refractivity (Wildman–Crippen MR) is 55.5 cm³/mol. The summed E-state index contributed by atoms with van der Waals surface area (Å²) < 4.78 is 31.8. The molecule has 1 aliphatic carbocycles. The van der Waals surface area contributed by atoms with Crippen molar-refractivity contribution in [2.75, 3.05) is 13.7 Å². The summed E-state index contributed by atoms with van der Waals surface area (Å²) in [5, 5.41) is 9.39. The largest absolute Gasteiger partial charge is 0.496 e. The van der Waals surface area contributed by atoms with Crippen LogP contribution in [0.1, 0.15) is 24.8 Å². The van der Waals surface area contributed by atoms with Gasteiger partial charge >= 0.3 is 0 Å². The summed E-state index contributed by atoms with van der Waals surface area (Å²) >= 11 is 0. The third-order valence-corrected chi connectivity index (χ3v) is 3.38. The average Bonchev–Trinajstić information content (AvgIpc) is 2.19. The van der Waals surface area contributed by atoms with E-state index in [2.05, 4.69) is 0 Å². The molecule has 16 heavy (non-hydrogen) atoms. The van der Waals surface area contributed by atoms with Crippen molar-refractivity contribution in [2.24, 2.45) is 0 Å². The number of benzene rings is 1. The Morgan fingerprint density at radius 1 is 1.38 bits per heavy atom. The Hall–Kier alpha value is -1.16. The molecule has 0 heterocycles. The van der Waals surface area contributed by atoms with Crippen LogP contribution in [0.4, 0.5) is 8.78 Å². The van der Waals surface area contributed by atoms with Gasteiger partial charge in [0.05, 0.1) is 13.7 Å². The summed E-state index contributed by atoms with van der Waals surface area (Å²) in [5.41, 5.74) is -0.270. The van der Waals surface area contributed by atoms with E-state index in [1.807, 2.05) is 0 Å². The fourth-order valence-electron chi connectivity index (χ4n) is 2.32. The Balaban J connectivity index is 2.54. The number of aliphatic hydroxyl groups is 1. The maximum Gasteiger partial charge on any atom is 0.133 e. The lowest BCUT2D eigenvalue weighted by atomic mass is 9.64. The Morgan fingerprint density at radius 2 is 2.06 bits per heavy atom. The summed E-state index contributed by atoms with van der Waals surface area (Å²) in [5.74, 6) is -1.11. The van der Waals surface area contributed by atoms with E-state index < -0.39 is 17.0 Å². The van der Waals surface area contributed by atoms with E-state index in [9.17, 15) is 13.9 Å². The summed E-state index contributed by atoms with van der Waals surface area (Å²) in [6, 6.07) is 2.00. The van der Waals surface area contributed by atoms with E-state index in [0.717, 1.165) is 18.6 Å². The molecule has 1 aromatic carbocycles. The van der Waals surface area contributed by atoms with Crippen LogP contribution in [0.3, 0.4) is 0 Å². The smallest absolute Gasteiger partial charge is 0.133 e. The zero-order chi connectivity index (χ0) is 11.8. The van der Waals surface area contributed by atoms with E-state index in [1.54, 1.807) is 0 Å². The molecular formula is C12H14F2O2. The molecule has 88 valence electrons. The molecule has 1 saturated carbocycles. The van der Waals surface area contributed by atoms with Crippen LogP contribution >= 0.6 is 0 Å². The monoisotopic (exact) mass is 228 g/mol. The van der Waals surface area contributed by atoms with Crippen LogP contribution in [0.2, 0.25) is 0 Å². The van der Waals surface area contributed by atoms with Crippen molar-refractivity contribution < 1.29 is 18.6 Å². The number of ether oxygens (including phenoxy) is 1. The molecule has 0 atom stereocenters. The lowest BCUT2D eigenvalue weighted by Gasteiger charge is -2.41. The number of rotatable bonds is 3. The molecule has 4 heteroatoms. The Morgan fingerprint density at radius 3 is 2.50 bits per heavy atom. The molecule has 1 aromatic rings. The van der Waals surface area contributed by atoms with Gasteiger partial charge in [0.25, 0.3) is 0 Å². The van der Waals surface area contributed by atoms with Crippen molar-refractivity contribution in [1.82, 2.24) is 0 Å². The van der Waals surface area contributed by atoms with Gasteiger partial charge in [-0.05, 0) is 12.8 Å². The molecule has 0 saturated heterocycles. The second kappa shape index (κ2) is 4.01. The quantitative estimate of drug-likeness (QED) is 0.860. The van der Waals surface area contributed by atoms with Crippen LogP contribution in [0, 0.1) is 11.6 Å². The second-order valence-electron chi connectivity index (χ2n) is 4.26. The normalized spacial score (nSPS) is 18.0. The molecular weight excluding hydrogens is 214 g/mol. The van der Waals surface area contributed by atoms with E-state index >= 15 is 0 Å². The van der Waals surface area contributed by atoms with Gasteiger partial charge in [-0.25, -0.2) is 8.78 Å². The summed E-state index contributed by atoms with van der Waals surface area (Å²) in [6.45, 7) is -0.133. The molecule has 1 N–H and O–H groups in total. The first-order chi connectivity index (χ1) is 7.63. The number of halogens is 2. The Labute approximate surface area is 92.9 Å². The predicted octanol–water partition coefficient (Wildman–Crippen LogP) is 2.39. The highest BCUT2D eigenvalue weighted by Gasteiger charge is 2.42. The second-order valence-corrected chi connectivity index (χ2v) is 4.26. The Kier molecular flexibility index (Phi) is 2.84. The molecule has 0 aliphatic heterocycles. The third kappa shape index (κ3) is 1.57. The highest BCUT2D eigenvalue weighted by molar-refractivity contribution is 5.43. The molecule has 2 nitrogen and oxygen atoms in total. The van der Waals surface area contributed by atoms with Crippen LogP contribution in [-0.2, 0) is 5.41 Å². The van der Waals surface area contributed by atoms with Crippen molar-refractivity contribution in [3.63, 3.8) is 0 Å². The van der Waals surface area contributed by atoms with Crippen LogP contribution in [-0.4, -0.2) is 18.8 Å². The van der Waals surface area contributed by atoms with Gasteiger partial charge < -0.3 is 9.84 Å². The molecule has 0 aromatic heterocycles. The number of aliphatic hydroxyl groups excluding tert-OH is 1. The van der Waals surface area contributed by atoms with Crippen LogP contribution in [0.25, 0.3) is 0 Å². The van der Waals surface area contributed by atoms with Crippen LogP contribution in [0.5, 0.6) is 5.75 Å². The van der Waals surface area contributed by atoms with E-state index in [-0.39, 0.29) is 12.4 Å². The van der Waals surface area contributed by atoms with Crippen molar-refractivity contribution in [1.29, 1.82) is 0 Å². The van der Waals surface area contributed by atoms with Crippen LogP contribution < -0.4 is 4.74 Å². The van der Waals surface area contributed by atoms with E-state index in [0.29, 0.717) is 18.4 Å². The van der Waals surface area contributed by atoms with Gasteiger partial charge in [0.2, 0.25) is 0 Å². The minimum absolute atomic E-state index is 0.133. The molecule has 0 radical (unpaired) electrons. The van der Waals surface area contributed by atoms with Gasteiger partial charge in [-0.15, -0.1) is 0 Å². The molecule has 1 aliphatic rings. The fourth-order valence-corrected chi connectivity index (χ4v) is 2.32. The van der Waals surface area contributed by atoms with Crippen molar-refractivity contribution >= 4 is 0 Å². The highest BCUT2D eigenvalue weighted by Crippen LogP contribution is 2.47. The molecule has 0 spiro atoms. The Bertz CT molecular complexity index is 395. The number of hydrogen-bond acceptors (Lipinski definition) is 2. The lowest BCUT2D eigenvalue weighted by molar-refractivity contribution is 0.113. The maximum atomic E-state index is 13.8. The molecule has 0 unspecified atom stereocenters.